The fourth-order valence-corrected chi connectivity index (χ4v) is 2.85. The highest BCUT2D eigenvalue weighted by Gasteiger charge is 2.30. The van der Waals surface area contributed by atoms with Crippen molar-refractivity contribution in [2.45, 2.75) is 31.6 Å². The largest absolute Gasteiger partial charge is 0.360 e. The second-order valence-corrected chi connectivity index (χ2v) is 5.84. The smallest absolute Gasteiger partial charge is 0.276 e. The number of amides is 1. The lowest BCUT2D eigenvalue weighted by molar-refractivity contribution is 0.0752. The number of carbonyl (C=O) groups excluding carboxylic acids is 1. The van der Waals surface area contributed by atoms with Gasteiger partial charge in [-0.25, -0.2) is 4.98 Å². The van der Waals surface area contributed by atoms with E-state index in [0.717, 1.165) is 24.3 Å². The first-order valence-corrected chi connectivity index (χ1v) is 7.53. The van der Waals surface area contributed by atoms with Crippen LogP contribution in [0.3, 0.4) is 0 Å². The summed E-state index contributed by atoms with van der Waals surface area (Å²) < 4.78 is 5.25. The highest BCUT2D eigenvalue weighted by molar-refractivity contribution is 5.92. The molecule has 0 unspecified atom stereocenters. The van der Waals surface area contributed by atoms with Crippen LogP contribution >= 0.6 is 0 Å². The summed E-state index contributed by atoms with van der Waals surface area (Å²) >= 11 is 0. The number of aromatic amines is 1. The van der Waals surface area contributed by atoms with E-state index in [1.54, 1.807) is 11.0 Å². The first-order chi connectivity index (χ1) is 10.7. The molecule has 7 nitrogen and oxygen atoms in total. The summed E-state index contributed by atoms with van der Waals surface area (Å²) in [6.45, 7) is 1.03. The molecule has 22 heavy (non-hydrogen) atoms. The van der Waals surface area contributed by atoms with Crippen molar-refractivity contribution in [2.75, 3.05) is 13.1 Å². The van der Waals surface area contributed by atoms with Crippen molar-refractivity contribution in [3.8, 4) is 0 Å². The Morgan fingerprint density at radius 2 is 2.14 bits per heavy atom. The number of carbonyl (C=O) groups is 1. The van der Waals surface area contributed by atoms with Gasteiger partial charge in [0.1, 0.15) is 5.76 Å². The molecule has 1 fully saturated rings. The van der Waals surface area contributed by atoms with Crippen molar-refractivity contribution in [1.29, 1.82) is 0 Å². The fourth-order valence-electron chi connectivity index (χ4n) is 2.85. The molecule has 4 rings (SSSR count). The van der Waals surface area contributed by atoms with Gasteiger partial charge in [0.25, 0.3) is 11.5 Å². The molecule has 0 atom stereocenters. The first-order valence-electron chi connectivity index (χ1n) is 7.53. The van der Waals surface area contributed by atoms with Crippen molar-refractivity contribution in [3.63, 3.8) is 0 Å². The summed E-state index contributed by atoms with van der Waals surface area (Å²) in [6.07, 6.45) is 4.72. The van der Waals surface area contributed by atoms with Gasteiger partial charge in [-0.1, -0.05) is 5.16 Å². The monoisotopic (exact) mass is 300 g/mol. The van der Waals surface area contributed by atoms with Crippen LogP contribution in [0, 0.1) is 0 Å². The molecule has 1 N–H and O–H groups in total. The summed E-state index contributed by atoms with van der Waals surface area (Å²) in [7, 11) is 0. The van der Waals surface area contributed by atoms with E-state index in [0.29, 0.717) is 43.1 Å². The molecule has 1 aliphatic heterocycles. The summed E-state index contributed by atoms with van der Waals surface area (Å²) in [4.78, 5) is 32.9. The van der Waals surface area contributed by atoms with Gasteiger partial charge in [0.2, 0.25) is 0 Å². The highest BCUT2D eigenvalue weighted by Crippen LogP contribution is 2.40. The molecule has 0 aromatic carbocycles. The van der Waals surface area contributed by atoms with Gasteiger partial charge in [-0.05, 0) is 19.3 Å². The third kappa shape index (κ3) is 2.32. The zero-order valence-electron chi connectivity index (χ0n) is 12.0. The average Bonchev–Trinajstić information content (AvgIpc) is 3.29. The third-order valence-electron chi connectivity index (χ3n) is 4.30. The number of rotatable bonds is 2. The lowest BCUT2D eigenvalue weighted by atomic mass is 10.1. The lowest BCUT2D eigenvalue weighted by Crippen LogP contribution is -2.33. The van der Waals surface area contributed by atoms with Crippen LogP contribution in [0.15, 0.2) is 21.7 Å². The Kier molecular flexibility index (Phi) is 3.06. The normalized spacial score (nSPS) is 17.9. The summed E-state index contributed by atoms with van der Waals surface area (Å²) in [6, 6.07) is 1.75. The van der Waals surface area contributed by atoms with E-state index < -0.39 is 0 Å². The van der Waals surface area contributed by atoms with E-state index >= 15 is 0 Å². The first kappa shape index (κ1) is 13.2. The van der Waals surface area contributed by atoms with E-state index in [1.807, 2.05) is 0 Å². The van der Waals surface area contributed by atoms with E-state index in [1.165, 1.54) is 6.33 Å². The Bertz CT molecular complexity index is 775. The molecular weight excluding hydrogens is 284 g/mol. The Morgan fingerprint density at radius 1 is 1.32 bits per heavy atom. The number of nitrogens with zero attached hydrogens (tertiary/aromatic N) is 3. The second-order valence-electron chi connectivity index (χ2n) is 5.84. The average molecular weight is 300 g/mol. The van der Waals surface area contributed by atoms with Gasteiger partial charge < -0.3 is 14.4 Å². The Labute approximate surface area is 126 Å². The van der Waals surface area contributed by atoms with Gasteiger partial charge in [-0.2, -0.15) is 0 Å². The van der Waals surface area contributed by atoms with Crippen LogP contribution < -0.4 is 5.56 Å². The molecule has 0 saturated heterocycles. The zero-order valence-corrected chi connectivity index (χ0v) is 12.0. The van der Waals surface area contributed by atoms with Gasteiger partial charge >= 0.3 is 0 Å². The molecule has 114 valence electrons. The molecule has 0 spiro atoms. The maximum Gasteiger partial charge on any atom is 0.276 e. The highest BCUT2D eigenvalue weighted by atomic mass is 16.5. The number of hydrogen-bond acceptors (Lipinski definition) is 5. The van der Waals surface area contributed by atoms with Crippen LogP contribution in [-0.2, 0) is 12.8 Å². The standard InChI is InChI=1S/C15H16N4O3/c20-14-10-3-5-19(6-4-11(10)16-8-17-14)15(21)12-7-13(22-18-12)9-1-2-9/h7-9H,1-6H2,(H,16,17,20). The van der Waals surface area contributed by atoms with Crippen LogP contribution in [-0.4, -0.2) is 39.0 Å². The summed E-state index contributed by atoms with van der Waals surface area (Å²) in [5.41, 5.74) is 1.70. The van der Waals surface area contributed by atoms with Crippen molar-refractivity contribution in [2.24, 2.45) is 0 Å². The number of aromatic nitrogens is 3. The zero-order chi connectivity index (χ0) is 15.1. The number of H-pyrrole nitrogens is 1. The summed E-state index contributed by atoms with van der Waals surface area (Å²) in [5, 5.41) is 3.90. The topological polar surface area (TPSA) is 92.1 Å². The molecule has 2 aromatic heterocycles. The van der Waals surface area contributed by atoms with Crippen molar-refractivity contribution >= 4 is 5.91 Å². The molecule has 2 aromatic rings. The molecule has 0 radical (unpaired) electrons. The predicted molar refractivity (Wildman–Crippen MR) is 76.6 cm³/mol. The fraction of sp³-hybridized carbons (Fsp3) is 0.467. The van der Waals surface area contributed by atoms with E-state index in [4.69, 9.17) is 4.52 Å². The summed E-state index contributed by atoms with van der Waals surface area (Å²) in [5.74, 6) is 1.10. The second kappa shape index (κ2) is 5.08. The van der Waals surface area contributed by atoms with E-state index in [-0.39, 0.29) is 11.5 Å². The number of fused-ring (bicyclic) bond motifs is 1. The molecule has 1 amide bonds. The molecule has 1 saturated carbocycles. The minimum atomic E-state index is -0.139. The number of nitrogens with one attached hydrogen (secondary N) is 1. The van der Waals surface area contributed by atoms with Crippen molar-refractivity contribution < 1.29 is 9.32 Å². The van der Waals surface area contributed by atoms with Gasteiger partial charge in [-0.15, -0.1) is 0 Å². The van der Waals surface area contributed by atoms with Crippen molar-refractivity contribution in [3.05, 3.63) is 45.5 Å². The van der Waals surface area contributed by atoms with E-state index in [9.17, 15) is 9.59 Å². The maximum absolute atomic E-state index is 12.5. The molecule has 2 aliphatic rings. The van der Waals surface area contributed by atoms with Crippen LogP contribution in [0.25, 0.3) is 0 Å². The van der Waals surface area contributed by atoms with Crippen LogP contribution in [0.4, 0.5) is 0 Å². The molecule has 7 heteroatoms. The predicted octanol–water partition coefficient (Wildman–Crippen LogP) is 0.876. The molecule has 3 heterocycles. The SMILES string of the molecule is O=C(c1cc(C2CC2)on1)N1CCc2nc[nH]c(=O)c2CC1. The van der Waals surface area contributed by atoms with Crippen LogP contribution in [0.5, 0.6) is 0 Å². The molecular formula is C15H16N4O3. The van der Waals surface area contributed by atoms with Crippen molar-refractivity contribution in [1.82, 2.24) is 20.0 Å². The Hall–Kier alpha value is -2.44. The maximum atomic E-state index is 12.5. The molecule has 0 bridgehead atoms. The van der Waals surface area contributed by atoms with Gasteiger partial charge in [0, 0.05) is 37.1 Å². The number of hydrogen-bond donors (Lipinski definition) is 1. The minimum Gasteiger partial charge on any atom is -0.360 e. The van der Waals surface area contributed by atoms with Crippen LogP contribution in [0.1, 0.15) is 46.3 Å². The Morgan fingerprint density at radius 3 is 2.95 bits per heavy atom. The van der Waals surface area contributed by atoms with Gasteiger partial charge in [0.05, 0.1) is 12.0 Å². The molecule has 1 aliphatic carbocycles. The third-order valence-corrected chi connectivity index (χ3v) is 4.30. The van der Waals surface area contributed by atoms with Gasteiger partial charge in [0.15, 0.2) is 5.69 Å². The van der Waals surface area contributed by atoms with E-state index in [2.05, 4.69) is 15.1 Å². The van der Waals surface area contributed by atoms with Gasteiger partial charge in [-0.3, -0.25) is 9.59 Å². The van der Waals surface area contributed by atoms with Crippen LogP contribution in [0.2, 0.25) is 0 Å². The minimum absolute atomic E-state index is 0.114. The quantitative estimate of drug-likeness (QED) is 0.888. The Balaban J connectivity index is 1.52. The lowest BCUT2D eigenvalue weighted by Gasteiger charge is -2.18.